The molecule has 2 aromatic carbocycles. The van der Waals surface area contributed by atoms with Crippen LogP contribution in [0.15, 0.2) is 48.5 Å². The molecule has 0 atom stereocenters. The Labute approximate surface area is 177 Å². The number of benzene rings is 2. The van der Waals surface area contributed by atoms with E-state index in [0.29, 0.717) is 11.5 Å². The second-order valence-electron chi connectivity index (χ2n) is 6.53. The number of rotatable bonds is 11. The van der Waals surface area contributed by atoms with Crippen LogP contribution in [0.3, 0.4) is 0 Å². The summed E-state index contributed by atoms with van der Waals surface area (Å²) in [7, 11) is 1.63. The molecule has 0 saturated heterocycles. The second-order valence-corrected chi connectivity index (χ2v) is 6.53. The van der Waals surface area contributed by atoms with Crippen molar-refractivity contribution in [1.82, 2.24) is 25.5 Å². The van der Waals surface area contributed by atoms with Crippen LogP contribution in [0.2, 0.25) is 0 Å². The molecule has 0 unspecified atom stereocenters. The summed E-state index contributed by atoms with van der Waals surface area (Å²) in [5.41, 5.74) is 1.97. The molecule has 1 heterocycles. The average molecular weight is 418 g/mol. The van der Waals surface area contributed by atoms with E-state index >= 15 is 0 Å². The number of nitrogens with one attached hydrogen (secondary N) is 1. The molecule has 0 spiro atoms. The maximum atomic E-state index is 5.93. The normalized spacial score (nSPS) is 10.4. The molecular weight excluding hydrogens is 390 g/mol. The average Bonchev–Trinajstić information content (AvgIpc) is 3.20. The lowest BCUT2D eigenvalue weighted by Crippen LogP contribution is -2.14. The molecule has 0 aliphatic carbocycles. The van der Waals surface area contributed by atoms with E-state index in [4.69, 9.17) is 9.47 Å². The first-order chi connectivity index (χ1) is 13.8. The van der Waals surface area contributed by atoms with Crippen molar-refractivity contribution in [3.63, 3.8) is 0 Å². The number of hydrogen-bond acceptors (Lipinski definition) is 6. The Bertz CT molecular complexity index is 857. The number of unbranched alkanes of at least 4 members (excludes halogenated alkanes) is 3. The van der Waals surface area contributed by atoms with Gasteiger partial charge in [-0.1, -0.05) is 55.6 Å². The molecule has 0 amide bonds. The van der Waals surface area contributed by atoms with Crippen LogP contribution in [0.5, 0.6) is 17.5 Å². The van der Waals surface area contributed by atoms with Crippen molar-refractivity contribution in [2.45, 2.75) is 39.2 Å². The van der Waals surface area contributed by atoms with E-state index in [1.165, 1.54) is 25.7 Å². The predicted molar refractivity (Wildman–Crippen MR) is 115 cm³/mol. The molecular formula is C21H28ClN5O2. The highest BCUT2D eigenvalue weighted by molar-refractivity contribution is 5.85. The molecule has 7 nitrogen and oxygen atoms in total. The summed E-state index contributed by atoms with van der Waals surface area (Å²) in [5, 5.41) is 15.2. The van der Waals surface area contributed by atoms with Crippen molar-refractivity contribution >= 4 is 12.4 Å². The quantitative estimate of drug-likeness (QED) is 0.461. The Morgan fingerprint density at radius 2 is 1.83 bits per heavy atom. The van der Waals surface area contributed by atoms with Gasteiger partial charge in [-0.2, -0.15) is 4.68 Å². The van der Waals surface area contributed by atoms with Crippen molar-refractivity contribution in [2.24, 2.45) is 0 Å². The first-order valence-corrected chi connectivity index (χ1v) is 9.71. The monoisotopic (exact) mass is 417 g/mol. The molecule has 0 aliphatic heterocycles. The van der Waals surface area contributed by atoms with E-state index in [1.807, 2.05) is 48.5 Å². The van der Waals surface area contributed by atoms with Gasteiger partial charge < -0.3 is 14.8 Å². The van der Waals surface area contributed by atoms with Crippen molar-refractivity contribution in [3.8, 4) is 23.2 Å². The van der Waals surface area contributed by atoms with Gasteiger partial charge in [-0.05, 0) is 53.2 Å². The molecule has 0 radical (unpaired) electrons. The van der Waals surface area contributed by atoms with Crippen LogP contribution in [0, 0.1) is 0 Å². The third-order valence-electron chi connectivity index (χ3n) is 4.41. The van der Waals surface area contributed by atoms with Crippen LogP contribution >= 0.6 is 12.4 Å². The van der Waals surface area contributed by atoms with Gasteiger partial charge >= 0.3 is 6.01 Å². The first kappa shape index (κ1) is 22.6. The van der Waals surface area contributed by atoms with E-state index in [2.05, 4.69) is 27.8 Å². The second kappa shape index (κ2) is 12.0. The molecule has 0 fully saturated rings. The van der Waals surface area contributed by atoms with Gasteiger partial charge in [-0.3, -0.25) is 0 Å². The molecule has 1 aromatic heterocycles. The maximum Gasteiger partial charge on any atom is 0.346 e. The summed E-state index contributed by atoms with van der Waals surface area (Å²) < 4.78 is 13.0. The fourth-order valence-electron chi connectivity index (χ4n) is 2.89. The molecule has 1 N–H and O–H groups in total. The fraction of sp³-hybridized carbons (Fsp3) is 0.381. The lowest BCUT2D eigenvalue weighted by atomic mass is 10.2. The minimum absolute atomic E-state index is 0. The Hall–Kier alpha value is -2.64. The van der Waals surface area contributed by atoms with Gasteiger partial charge in [-0.15, -0.1) is 12.4 Å². The molecule has 0 aliphatic rings. The molecule has 156 valence electrons. The summed E-state index contributed by atoms with van der Waals surface area (Å²) in [5.74, 6) is 1.22. The summed E-state index contributed by atoms with van der Waals surface area (Å²) >= 11 is 0. The summed E-state index contributed by atoms with van der Waals surface area (Å²) in [6, 6.07) is 15.8. The molecule has 29 heavy (non-hydrogen) atoms. The summed E-state index contributed by atoms with van der Waals surface area (Å²) in [6.45, 7) is 4.04. The van der Waals surface area contributed by atoms with E-state index < -0.39 is 0 Å². The Kier molecular flexibility index (Phi) is 9.40. The largest absolute Gasteiger partial charge is 0.493 e. The van der Waals surface area contributed by atoms with Crippen molar-refractivity contribution in [2.75, 3.05) is 13.7 Å². The van der Waals surface area contributed by atoms with Gasteiger partial charge in [0.15, 0.2) is 11.5 Å². The van der Waals surface area contributed by atoms with Gasteiger partial charge in [0.25, 0.3) is 0 Å². The Morgan fingerprint density at radius 3 is 2.59 bits per heavy atom. The van der Waals surface area contributed by atoms with Crippen LogP contribution in [0.25, 0.3) is 5.69 Å². The van der Waals surface area contributed by atoms with Crippen LogP contribution in [-0.2, 0) is 6.54 Å². The topological polar surface area (TPSA) is 74.1 Å². The SMILES string of the molecule is CCCCCCNCc1ccc(Oc2nnnn2-c2ccccc2)c(OC)c1.Cl. The first-order valence-electron chi connectivity index (χ1n) is 9.71. The lowest BCUT2D eigenvalue weighted by Gasteiger charge is -2.12. The third kappa shape index (κ3) is 6.44. The van der Waals surface area contributed by atoms with Crippen molar-refractivity contribution < 1.29 is 9.47 Å². The van der Waals surface area contributed by atoms with E-state index in [0.717, 1.165) is 24.3 Å². The third-order valence-corrected chi connectivity index (χ3v) is 4.41. The van der Waals surface area contributed by atoms with Crippen LogP contribution < -0.4 is 14.8 Å². The van der Waals surface area contributed by atoms with Crippen LogP contribution in [0.4, 0.5) is 0 Å². The van der Waals surface area contributed by atoms with Crippen LogP contribution in [-0.4, -0.2) is 33.9 Å². The highest BCUT2D eigenvalue weighted by Gasteiger charge is 2.14. The summed E-state index contributed by atoms with van der Waals surface area (Å²) in [4.78, 5) is 0. The number of methoxy groups -OCH3 is 1. The number of ether oxygens (including phenoxy) is 2. The number of hydrogen-bond donors (Lipinski definition) is 1. The van der Waals surface area contributed by atoms with Gasteiger partial charge in [0.2, 0.25) is 0 Å². The van der Waals surface area contributed by atoms with Gasteiger partial charge in [-0.25, -0.2) is 0 Å². The highest BCUT2D eigenvalue weighted by atomic mass is 35.5. The zero-order chi connectivity index (χ0) is 19.6. The minimum atomic E-state index is 0. The predicted octanol–water partition coefficient (Wildman–Crippen LogP) is 4.55. The zero-order valence-corrected chi connectivity index (χ0v) is 17.7. The van der Waals surface area contributed by atoms with Gasteiger partial charge in [0, 0.05) is 6.54 Å². The van der Waals surface area contributed by atoms with Crippen LogP contribution in [0.1, 0.15) is 38.2 Å². The highest BCUT2D eigenvalue weighted by Crippen LogP contribution is 2.32. The number of aromatic nitrogens is 4. The maximum absolute atomic E-state index is 5.93. The van der Waals surface area contributed by atoms with E-state index in [9.17, 15) is 0 Å². The van der Waals surface area contributed by atoms with Crippen molar-refractivity contribution in [1.29, 1.82) is 0 Å². The van der Waals surface area contributed by atoms with Gasteiger partial charge in [0.05, 0.1) is 12.8 Å². The molecule has 8 heteroatoms. The Morgan fingerprint density at radius 1 is 1.00 bits per heavy atom. The number of para-hydroxylation sites is 1. The molecule has 0 bridgehead atoms. The van der Waals surface area contributed by atoms with E-state index in [-0.39, 0.29) is 18.4 Å². The number of nitrogens with zero attached hydrogens (tertiary/aromatic N) is 4. The molecule has 3 rings (SSSR count). The minimum Gasteiger partial charge on any atom is -0.493 e. The summed E-state index contributed by atoms with van der Waals surface area (Å²) in [6.07, 6.45) is 5.03. The van der Waals surface area contributed by atoms with Gasteiger partial charge in [0.1, 0.15) is 0 Å². The van der Waals surface area contributed by atoms with E-state index in [1.54, 1.807) is 11.8 Å². The lowest BCUT2D eigenvalue weighted by molar-refractivity contribution is 0.362. The molecule has 0 saturated carbocycles. The number of tetrazole rings is 1. The fourth-order valence-corrected chi connectivity index (χ4v) is 2.89. The molecule has 3 aromatic rings. The zero-order valence-electron chi connectivity index (χ0n) is 16.9. The van der Waals surface area contributed by atoms with Crippen molar-refractivity contribution in [3.05, 3.63) is 54.1 Å². The Balaban J connectivity index is 0.00000300. The standard InChI is InChI=1S/C21H27N5O2.ClH/c1-3-4-5-9-14-22-16-17-12-13-19(20(15-17)27-2)28-21-23-24-25-26(21)18-10-7-6-8-11-18;/h6-8,10-13,15,22H,3-5,9,14,16H2,1-2H3;1H. The smallest absolute Gasteiger partial charge is 0.346 e. The number of halogens is 1.